The van der Waals surface area contributed by atoms with E-state index in [4.69, 9.17) is 14.6 Å². The number of ether oxygens (including phenoxy) is 2. The lowest BCUT2D eigenvalue weighted by Gasteiger charge is -2.43. The first-order valence-electron chi connectivity index (χ1n) is 41.8. The Kier molecular flexibility index (Phi) is 32.2. The summed E-state index contributed by atoms with van der Waals surface area (Å²) in [6.07, 6.45) is 1.41. The number of hydrazine groups is 4. The third-order valence-corrected chi connectivity index (χ3v) is 22.4. The van der Waals surface area contributed by atoms with Crippen LogP contribution in [0.25, 0.3) is 0 Å². The van der Waals surface area contributed by atoms with E-state index in [0.29, 0.717) is 38.6 Å². The summed E-state index contributed by atoms with van der Waals surface area (Å²) in [5, 5.41) is 42.0. The van der Waals surface area contributed by atoms with Gasteiger partial charge in [-0.3, -0.25) is 121 Å². The van der Waals surface area contributed by atoms with Gasteiger partial charge < -0.3 is 56.4 Å². The van der Waals surface area contributed by atoms with Gasteiger partial charge in [0.1, 0.15) is 54.6 Å². The summed E-state index contributed by atoms with van der Waals surface area (Å²) in [7, 11) is 0. The fourth-order valence-corrected chi connectivity index (χ4v) is 16.0. The molecule has 11 atom stereocenters. The predicted molar refractivity (Wildman–Crippen MR) is 440 cm³/mol. The van der Waals surface area contributed by atoms with E-state index in [1.165, 1.54) is 70.5 Å². The summed E-state index contributed by atoms with van der Waals surface area (Å²) >= 11 is 0. The van der Waals surface area contributed by atoms with Crippen molar-refractivity contribution < 1.29 is 130 Å². The molecule has 9 saturated heterocycles. The third-order valence-electron chi connectivity index (χ3n) is 22.4. The van der Waals surface area contributed by atoms with Crippen molar-refractivity contribution in [3.05, 3.63) is 179 Å². The molecule has 0 aliphatic carbocycles. The first kappa shape index (κ1) is 94.7. The Hall–Kier alpha value is -14.9. The Labute approximate surface area is 736 Å². The molecule has 14 rings (SSSR count). The Morgan fingerprint density at radius 2 is 0.705 bits per heavy atom. The summed E-state index contributed by atoms with van der Waals surface area (Å²) < 4.78 is 11.0. The number of carbonyl (C=O) groups excluding carboxylic acids is 21. The van der Waals surface area contributed by atoms with Crippen molar-refractivity contribution in [3.8, 4) is 0 Å². The second-order valence-corrected chi connectivity index (χ2v) is 31.2. The predicted octanol–water partition coefficient (Wildman–Crippen LogP) is 0.337. The number of fused-ring (bicyclic) bond motifs is 4. The molecule has 5 aromatic rings. The largest absolute Gasteiger partial charge is 0.481 e. The standard InChI is InChI=1S/C29H30N4O8.C22H24N4O8.C19H21N3O5.C18H19N3O6/c34-23-14-13-20(30-27(38)25(36)19-10-5-2-6-11-19)28(39)33-22(12-7-15-32(23)33)26(37)31-21-16-24(35)41-29(21)40-17-18-8-3-1-4-9-18;27-12-14(11-18(29)30)23-20(32)16-7-4-10-25-17(28)9-8-15(22(34)26(16)25)24-21(33)19(31)13-5-2-1-3-6-13;1-12(23)15-8-5-11-21-16(24)10-9-14(19(27)22(15)21)20-18(26)17(25)13-6-3-2-4-7-13;22-14-9-8-12(19-16(24)15(23)11-5-2-1-3-6-11)17(25)21-13(18(26)27)7-4-10-20(14)21/h1-6,8-11,20-22,29H,7,12-17H2,(H,30,38)(H,31,37);1-3,5-6,12,14-16H,4,7-11H2,(H,23,32)(H,24,33)(H,29,30);2-4,6-7,14-15H,5,8-11H2,1H3,(H,20,26);1-3,5-6,12-13H,4,7-10H2,(H,19,24)(H,26,27)/t20-,21-,22-,29?;14-,15-,16-;14-,15-;12-,13-/m0000/s1. The summed E-state index contributed by atoms with van der Waals surface area (Å²) in [6, 6.07) is 30.0. The molecule has 0 saturated carbocycles. The molecule has 5 aromatic carbocycles. The van der Waals surface area contributed by atoms with Gasteiger partial charge in [0.2, 0.25) is 64.9 Å². The number of aldehydes is 1. The number of rotatable bonds is 24. The third kappa shape index (κ3) is 23.4. The minimum atomic E-state index is -1.31. The molecule has 0 spiro atoms. The number of Topliss-reactive ketones (excluding diaryl/α,β-unsaturated/α-hetero) is 5. The lowest BCUT2D eigenvalue weighted by Crippen LogP contribution is -2.64. The van der Waals surface area contributed by atoms with E-state index in [1.54, 1.807) is 72.8 Å². The first-order chi connectivity index (χ1) is 61.8. The topological polar surface area (TPSA) is 550 Å². The average Bonchev–Trinajstić information content (AvgIpc) is 1.75. The van der Waals surface area contributed by atoms with Crippen molar-refractivity contribution in [3.63, 3.8) is 0 Å². The van der Waals surface area contributed by atoms with Crippen LogP contribution in [-0.2, 0) is 107 Å². The molecule has 1 unspecified atom stereocenters. The fourth-order valence-electron chi connectivity index (χ4n) is 16.0. The number of aliphatic carboxylic acids is 2. The lowest BCUT2D eigenvalue weighted by atomic mass is 10.0. The number of amides is 14. The van der Waals surface area contributed by atoms with Crippen molar-refractivity contribution in [2.45, 2.75) is 196 Å². The molecule has 8 N–H and O–H groups in total. The van der Waals surface area contributed by atoms with E-state index in [1.807, 2.05) is 30.3 Å². The number of esters is 1. The van der Waals surface area contributed by atoms with Crippen molar-refractivity contribution in [2.75, 3.05) is 26.2 Å². The van der Waals surface area contributed by atoms with Crippen LogP contribution in [0.2, 0.25) is 0 Å². The van der Waals surface area contributed by atoms with E-state index >= 15 is 0 Å². The monoisotopic (exact) mass is 1780 g/mol. The second kappa shape index (κ2) is 43.8. The maximum atomic E-state index is 13.7. The number of ketones is 5. The van der Waals surface area contributed by atoms with E-state index in [9.17, 15) is 115 Å². The second-order valence-electron chi connectivity index (χ2n) is 31.2. The van der Waals surface area contributed by atoms with Gasteiger partial charge in [-0.25, -0.2) is 24.8 Å². The highest BCUT2D eigenvalue weighted by Gasteiger charge is 2.51. The minimum Gasteiger partial charge on any atom is -0.481 e. The van der Waals surface area contributed by atoms with Gasteiger partial charge in [-0.1, -0.05) is 152 Å². The van der Waals surface area contributed by atoms with E-state index in [-0.39, 0.29) is 155 Å². The van der Waals surface area contributed by atoms with Crippen molar-refractivity contribution in [2.24, 2.45) is 0 Å². The highest BCUT2D eigenvalue weighted by Crippen LogP contribution is 2.31. The van der Waals surface area contributed by atoms with E-state index in [0.717, 1.165) is 30.6 Å². The Balaban J connectivity index is 0.000000169. The van der Waals surface area contributed by atoms with Gasteiger partial charge in [-0.05, 0) is 89.5 Å². The van der Waals surface area contributed by atoms with Crippen LogP contribution in [0.3, 0.4) is 0 Å². The minimum absolute atomic E-state index is 0.00478. The van der Waals surface area contributed by atoms with Crippen LogP contribution in [-0.4, -0.2) is 279 Å². The molecule has 129 heavy (non-hydrogen) atoms. The molecular weight excluding hydrogens is 1690 g/mol. The molecule has 9 aliphatic rings. The number of carboxylic acid groups (broad SMARTS) is 2. The van der Waals surface area contributed by atoms with Gasteiger partial charge in [0.25, 0.3) is 47.3 Å². The molecular formula is C88H94N14O27. The number of nitrogens with one attached hydrogen (secondary N) is 6. The molecule has 41 heteroatoms. The van der Waals surface area contributed by atoms with Crippen LogP contribution in [0.5, 0.6) is 0 Å². The highest BCUT2D eigenvalue weighted by molar-refractivity contribution is 6.45. The van der Waals surface area contributed by atoms with Gasteiger partial charge >= 0.3 is 17.9 Å². The summed E-state index contributed by atoms with van der Waals surface area (Å²) in [6.45, 7) is 2.54. The first-order valence-corrected chi connectivity index (χ1v) is 41.8. The number of hydrogen-bond acceptors (Lipinski definition) is 25. The number of carbonyl (C=O) groups is 23. The smallest absolute Gasteiger partial charge is 0.328 e. The van der Waals surface area contributed by atoms with Gasteiger partial charge in [0, 0.05) is 74.1 Å². The fraction of sp³-hybridized carbons (Fsp3) is 0.398. The van der Waals surface area contributed by atoms with Gasteiger partial charge in [-0.15, -0.1) is 0 Å². The molecule has 0 bridgehead atoms. The summed E-state index contributed by atoms with van der Waals surface area (Å²) in [5.74, 6) is -15.8. The van der Waals surface area contributed by atoms with Crippen molar-refractivity contribution >= 4 is 136 Å². The van der Waals surface area contributed by atoms with Crippen molar-refractivity contribution in [1.29, 1.82) is 0 Å². The lowest BCUT2D eigenvalue weighted by molar-refractivity contribution is -0.180. The maximum absolute atomic E-state index is 13.7. The molecule has 678 valence electrons. The number of cyclic esters (lactones) is 1. The zero-order valence-corrected chi connectivity index (χ0v) is 69.8. The maximum Gasteiger partial charge on any atom is 0.328 e. The number of hydrogen-bond donors (Lipinski definition) is 8. The van der Waals surface area contributed by atoms with Crippen LogP contribution in [0.4, 0.5) is 0 Å². The number of carboxylic acids is 2. The molecule has 0 radical (unpaired) electrons. The van der Waals surface area contributed by atoms with Crippen molar-refractivity contribution in [1.82, 2.24) is 72.0 Å². The SMILES string of the molecule is CC(=O)[C@@H]1CCCN2C(=O)CC[C@H](NC(=O)C(=O)c3ccccc3)C(=O)N12.O=C(N[C@H]1CCC(=O)N2CCC[C@@H](C(=O)O)N2C1=O)C(=O)c1ccccc1.O=C1C[C@H](NC(=O)[C@@H]2CCCN3C(=O)CC[C@H](NC(=O)C(=O)c4ccccc4)C(=O)N23)C(OCc2ccccc2)O1.O=C[C@H](CC(=O)O)NC(=O)[C@@H]1CCCN2C(=O)CC[C@H](NC(=O)C(=O)c3ccccc3)C(=O)N12. The summed E-state index contributed by atoms with van der Waals surface area (Å²) in [5.41, 5.74) is 1.54. The van der Waals surface area contributed by atoms with Crippen LogP contribution in [0.15, 0.2) is 152 Å². The number of nitrogens with zero attached hydrogens (tertiary/aromatic N) is 8. The van der Waals surface area contributed by atoms with Crippen LogP contribution >= 0.6 is 0 Å². The molecule has 0 aromatic heterocycles. The summed E-state index contributed by atoms with van der Waals surface area (Å²) in [4.78, 5) is 286. The molecule has 14 amide bonds. The van der Waals surface area contributed by atoms with Crippen LogP contribution in [0.1, 0.15) is 169 Å². The highest BCUT2D eigenvalue weighted by atomic mass is 16.7. The Bertz CT molecular complexity index is 5050. The quantitative estimate of drug-likeness (QED) is 0.0179. The van der Waals surface area contributed by atoms with Gasteiger partial charge in [-0.2, -0.15) is 0 Å². The van der Waals surface area contributed by atoms with Gasteiger partial charge in [0.15, 0.2) is 11.8 Å². The average molecular weight is 1780 g/mol. The van der Waals surface area contributed by atoms with E-state index < -0.39 is 179 Å². The zero-order valence-electron chi connectivity index (χ0n) is 69.8. The Morgan fingerprint density at radius 1 is 0.403 bits per heavy atom. The zero-order chi connectivity index (χ0) is 92.9. The normalized spacial score (nSPS) is 22.8. The van der Waals surface area contributed by atoms with E-state index in [2.05, 4.69) is 31.9 Å². The van der Waals surface area contributed by atoms with Crippen LogP contribution in [0, 0.1) is 0 Å². The number of benzene rings is 5. The molecule has 9 fully saturated rings. The Morgan fingerprint density at radius 3 is 1.02 bits per heavy atom. The van der Waals surface area contributed by atoms with Crippen LogP contribution < -0.4 is 31.9 Å². The molecule has 41 nitrogen and oxygen atoms in total. The molecule has 9 heterocycles. The molecule has 9 aliphatic heterocycles. The van der Waals surface area contributed by atoms with Gasteiger partial charge in [0.05, 0.1) is 25.5 Å².